The Morgan fingerprint density at radius 2 is 2.08 bits per heavy atom. The first-order valence-corrected chi connectivity index (χ1v) is 4.56. The molecule has 0 aliphatic carbocycles. The molecule has 0 unspecified atom stereocenters. The number of nitrogens with zero attached hydrogens (tertiary/aromatic N) is 3. The van der Waals surface area contributed by atoms with Crippen LogP contribution in [0.2, 0.25) is 5.02 Å². The van der Waals surface area contributed by atoms with Gasteiger partial charge in [-0.05, 0) is 12.1 Å². The molecule has 13 heavy (non-hydrogen) atoms. The van der Waals surface area contributed by atoms with Crippen molar-refractivity contribution in [3.05, 3.63) is 29.2 Å². The number of rotatable bonds is 1. The number of hydrogen-bond donors (Lipinski definition) is 0. The molecule has 0 aliphatic rings. The average Bonchev–Trinajstić information content (AvgIpc) is 2.46. The van der Waals surface area contributed by atoms with Gasteiger partial charge >= 0.3 is 0 Å². The van der Waals surface area contributed by atoms with Crippen molar-refractivity contribution in [2.45, 2.75) is 19.8 Å². The van der Waals surface area contributed by atoms with E-state index in [-0.39, 0.29) is 0 Å². The molecular formula is C9H10ClN3. The predicted molar refractivity (Wildman–Crippen MR) is 52.1 cm³/mol. The first-order valence-electron chi connectivity index (χ1n) is 4.18. The zero-order valence-electron chi connectivity index (χ0n) is 7.53. The molecule has 0 saturated carbocycles. The number of pyridine rings is 1. The summed E-state index contributed by atoms with van der Waals surface area (Å²) in [7, 11) is 0. The fourth-order valence-electron chi connectivity index (χ4n) is 1.28. The van der Waals surface area contributed by atoms with E-state index in [9.17, 15) is 0 Å². The number of halogens is 1. The molecule has 4 heteroatoms. The molecule has 3 nitrogen and oxygen atoms in total. The third-order valence-electron chi connectivity index (χ3n) is 1.91. The summed E-state index contributed by atoms with van der Waals surface area (Å²) in [5.41, 5.74) is 0.841. The molecule has 0 aromatic carbocycles. The van der Waals surface area contributed by atoms with Crippen molar-refractivity contribution < 1.29 is 0 Å². The van der Waals surface area contributed by atoms with Gasteiger partial charge in [0.15, 0.2) is 5.65 Å². The maximum atomic E-state index is 5.88. The number of aromatic nitrogens is 3. The van der Waals surface area contributed by atoms with Crippen molar-refractivity contribution in [2.75, 3.05) is 0 Å². The molecule has 0 bridgehead atoms. The van der Waals surface area contributed by atoms with E-state index in [1.165, 1.54) is 0 Å². The van der Waals surface area contributed by atoms with Gasteiger partial charge in [0, 0.05) is 12.1 Å². The Morgan fingerprint density at radius 1 is 1.31 bits per heavy atom. The van der Waals surface area contributed by atoms with Crippen molar-refractivity contribution in [2.24, 2.45) is 0 Å². The molecule has 2 aromatic rings. The van der Waals surface area contributed by atoms with Crippen LogP contribution in [0.15, 0.2) is 18.3 Å². The maximum Gasteiger partial charge on any atom is 0.160 e. The van der Waals surface area contributed by atoms with Crippen molar-refractivity contribution in [1.29, 1.82) is 0 Å². The minimum atomic E-state index is 0.355. The molecule has 2 aromatic heterocycles. The van der Waals surface area contributed by atoms with E-state index in [0.717, 1.165) is 11.5 Å². The largest absolute Gasteiger partial charge is 0.285 e. The molecule has 0 radical (unpaired) electrons. The van der Waals surface area contributed by atoms with E-state index in [0.29, 0.717) is 10.9 Å². The first-order chi connectivity index (χ1) is 6.18. The average molecular weight is 196 g/mol. The van der Waals surface area contributed by atoms with Crippen LogP contribution in [0, 0.1) is 0 Å². The molecule has 68 valence electrons. The molecule has 0 saturated heterocycles. The fraction of sp³-hybridized carbons (Fsp3) is 0.333. The van der Waals surface area contributed by atoms with Crippen LogP contribution in [-0.2, 0) is 0 Å². The van der Waals surface area contributed by atoms with Crippen LogP contribution in [0.1, 0.15) is 25.6 Å². The number of hydrogen-bond acceptors (Lipinski definition) is 2. The van der Waals surface area contributed by atoms with Gasteiger partial charge < -0.3 is 0 Å². The quantitative estimate of drug-likeness (QED) is 0.700. The third kappa shape index (κ3) is 1.40. The second kappa shape index (κ2) is 3.00. The highest BCUT2D eigenvalue weighted by Gasteiger charge is 2.08. The molecule has 0 spiro atoms. The summed E-state index contributed by atoms with van der Waals surface area (Å²) in [6, 6.07) is 3.68. The van der Waals surface area contributed by atoms with Crippen LogP contribution in [0.25, 0.3) is 5.65 Å². The molecule has 0 atom stereocenters. The minimum absolute atomic E-state index is 0.355. The lowest BCUT2D eigenvalue weighted by atomic mass is 10.2. The van der Waals surface area contributed by atoms with E-state index in [2.05, 4.69) is 24.0 Å². The van der Waals surface area contributed by atoms with Crippen molar-refractivity contribution in [3.63, 3.8) is 0 Å². The van der Waals surface area contributed by atoms with Crippen LogP contribution in [0.3, 0.4) is 0 Å². The summed E-state index contributed by atoms with van der Waals surface area (Å²) in [5, 5.41) is 8.83. The fourth-order valence-corrected chi connectivity index (χ4v) is 1.44. The van der Waals surface area contributed by atoms with Crippen molar-refractivity contribution >= 4 is 17.2 Å². The van der Waals surface area contributed by atoms with Crippen LogP contribution in [-0.4, -0.2) is 14.6 Å². The van der Waals surface area contributed by atoms with Gasteiger partial charge in [0.05, 0.1) is 5.02 Å². The van der Waals surface area contributed by atoms with E-state index in [1.807, 2.05) is 22.7 Å². The van der Waals surface area contributed by atoms with Gasteiger partial charge in [-0.15, -0.1) is 10.2 Å². The van der Waals surface area contributed by atoms with Gasteiger partial charge in [-0.1, -0.05) is 25.4 Å². The maximum absolute atomic E-state index is 5.88. The van der Waals surface area contributed by atoms with Crippen molar-refractivity contribution in [1.82, 2.24) is 14.6 Å². The highest BCUT2D eigenvalue weighted by Crippen LogP contribution is 2.16. The molecule has 0 amide bonds. The Balaban J connectivity index is 2.71. The third-order valence-corrected chi connectivity index (χ3v) is 2.13. The highest BCUT2D eigenvalue weighted by molar-refractivity contribution is 6.30. The lowest BCUT2D eigenvalue weighted by Gasteiger charge is -2.01. The van der Waals surface area contributed by atoms with Gasteiger partial charge in [0.1, 0.15) is 5.82 Å². The van der Waals surface area contributed by atoms with Crippen LogP contribution >= 0.6 is 11.6 Å². The number of fused-ring (bicyclic) bond motifs is 1. The smallest absolute Gasteiger partial charge is 0.160 e. The van der Waals surface area contributed by atoms with Crippen molar-refractivity contribution in [3.8, 4) is 0 Å². The van der Waals surface area contributed by atoms with E-state index in [1.54, 1.807) is 0 Å². The molecule has 0 aliphatic heterocycles. The van der Waals surface area contributed by atoms with Gasteiger partial charge in [0.2, 0.25) is 0 Å². The lowest BCUT2D eigenvalue weighted by molar-refractivity contribution is 0.759. The Morgan fingerprint density at radius 3 is 2.77 bits per heavy atom. The Labute approximate surface area is 81.4 Å². The molecule has 2 rings (SSSR count). The molecule has 0 fully saturated rings. The first kappa shape index (κ1) is 8.51. The minimum Gasteiger partial charge on any atom is -0.285 e. The lowest BCUT2D eigenvalue weighted by Crippen LogP contribution is -1.96. The van der Waals surface area contributed by atoms with E-state index >= 15 is 0 Å². The second-order valence-electron chi connectivity index (χ2n) is 3.29. The summed E-state index contributed by atoms with van der Waals surface area (Å²) in [6.45, 7) is 4.16. The van der Waals surface area contributed by atoms with Gasteiger partial charge in [-0.3, -0.25) is 4.40 Å². The zero-order valence-corrected chi connectivity index (χ0v) is 8.28. The van der Waals surface area contributed by atoms with Crippen LogP contribution < -0.4 is 0 Å². The Kier molecular flexibility index (Phi) is 1.96. The molecular weight excluding hydrogens is 186 g/mol. The van der Waals surface area contributed by atoms with E-state index in [4.69, 9.17) is 11.6 Å². The summed E-state index contributed by atoms with van der Waals surface area (Å²) < 4.78 is 1.92. The summed E-state index contributed by atoms with van der Waals surface area (Å²) in [5.74, 6) is 1.30. The van der Waals surface area contributed by atoms with Gasteiger partial charge in [-0.2, -0.15) is 0 Å². The van der Waals surface area contributed by atoms with Gasteiger partial charge in [0.25, 0.3) is 0 Å². The normalized spacial score (nSPS) is 11.4. The predicted octanol–water partition coefficient (Wildman–Crippen LogP) is 2.51. The van der Waals surface area contributed by atoms with Crippen LogP contribution in [0.5, 0.6) is 0 Å². The highest BCUT2D eigenvalue weighted by atomic mass is 35.5. The zero-order chi connectivity index (χ0) is 9.42. The molecule has 2 heterocycles. The standard InChI is InChI=1S/C9H10ClN3/c1-6(2)9-12-11-8-4-3-7(10)5-13(8)9/h3-6H,1-2H3. The summed E-state index contributed by atoms with van der Waals surface area (Å²) in [6.07, 6.45) is 1.84. The Hall–Kier alpha value is -1.09. The Bertz CT molecular complexity index is 433. The SMILES string of the molecule is CC(C)c1nnc2ccc(Cl)cn12. The monoisotopic (exact) mass is 195 g/mol. The summed E-state index contributed by atoms with van der Waals surface area (Å²) >= 11 is 5.88. The summed E-state index contributed by atoms with van der Waals surface area (Å²) in [4.78, 5) is 0. The topological polar surface area (TPSA) is 30.2 Å². The van der Waals surface area contributed by atoms with Crippen LogP contribution in [0.4, 0.5) is 0 Å². The molecule has 0 N–H and O–H groups in total. The van der Waals surface area contributed by atoms with Gasteiger partial charge in [-0.25, -0.2) is 0 Å². The second-order valence-corrected chi connectivity index (χ2v) is 3.72. The van der Waals surface area contributed by atoms with E-state index < -0.39 is 0 Å².